The van der Waals surface area contributed by atoms with Crippen LogP contribution in [0.1, 0.15) is 11.1 Å². The van der Waals surface area contributed by atoms with Crippen molar-refractivity contribution in [3.05, 3.63) is 65.2 Å². The Morgan fingerprint density at radius 3 is 2.31 bits per heavy atom. The van der Waals surface area contributed by atoms with E-state index >= 15 is 0 Å². The van der Waals surface area contributed by atoms with Gasteiger partial charge in [-0.25, -0.2) is 8.78 Å². The van der Waals surface area contributed by atoms with Crippen molar-refractivity contribution >= 4 is 5.69 Å². The molecule has 0 saturated carbocycles. The lowest BCUT2D eigenvalue weighted by atomic mass is 10.0. The Hall–Kier alpha value is -1.90. The largest absolute Gasteiger partial charge is 0.396 e. The molecule has 0 aliphatic rings. The maximum absolute atomic E-state index is 13.6. The Bertz CT molecular complexity index is 509. The Balaban J connectivity index is 2.35. The highest BCUT2D eigenvalue weighted by Crippen LogP contribution is 2.19. The molecule has 0 heterocycles. The first kappa shape index (κ1) is 10.6. The van der Waals surface area contributed by atoms with Gasteiger partial charge in [0.05, 0.1) is 5.69 Å². The summed E-state index contributed by atoms with van der Waals surface area (Å²) >= 11 is 0. The number of benzene rings is 2. The minimum absolute atomic E-state index is 0.0915. The molecular formula is C13H11F2N. The molecule has 0 unspecified atom stereocenters. The van der Waals surface area contributed by atoms with Gasteiger partial charge in [-0.1, -0.05) is 30.3 Å². The molecule has 0 bridgehead atoms. The van der Waals surface area contributed by atoms with Crippen LogP contribution in [0, 0.1) is 11.6 Å². The molecule has 0 aliphatic heterocycles. The summed E-state index contributed by atoms with van der Waals surface area (Å²) in [5.41, 5.74) is 6.41. The number of anilines is 1. The van der Waals surface area contributed by atoms with E-state index in [4.69, 9.17) is 5.73 Å². The second-order valence-electron chi connectivity index (χ2n) is 3.59. The van der Waals surface area contributed by atoms with Crippen LogP contribution < -0.4 is 5.73 Å². The number of nitrogen functional groups attached to an aromatic ring is 1. The molecule has 0 atom stereocenters. The Morgan fingerprint density at radius 2 is 1.56 bits per heavy atom. The van der Waals surface area contributed by atoms with Crippen molar-refractivity contribution < 1.29 is 8.78 Å². The highest BCUT2D eigenvalue weighted by atomic mass is 19.1. The topological polar surface area (TPSA) is 26.0 Å². The molecule has 0 amide bonds. The first-order chi connectivity index (χ1) is 7.68. The Kier molecular flexibility index (Phi) is 2.86. The number of nitrogens with two attached hydrogens (primary N) is 1. The quantitative estimate of drug-likeness (QED) is 0.771. The summed E-state index contributed by atoms with van der Waals surface area (Å²) in [7, 11) is 0. The fourth-order valence-corrected chi connectivity index (χ4v) is 1.58. The van der Waals surface area contributed by atoms with Crippen LogP contribution in [0.5, 0.6) is 0 Å². The van der Waals surface area contributed by atoms with Crippen LogP contribution in [-0.4, -0.2) is 0 Å². The van der Waals surface area contributed by atoms with Gasteiger partial charge in [-0.3, -0.25) is 0 Å². The second-order valence-corrected chi connectivity index (χ2v) is 3.59. The highest BCUT2D eigenvalue weighted by Gasteiger charge is 2.08. The molecular weight excluding hydrogens is 208 g/mol. The molecule has 0 aromatic heterocycles. The molecule has 2 aromatic carbocycles. The third-order valence-corrected chi connectivity index (χ3v) is 2.45. The van der Waals surface area contributed by atoms with Crippen molar-refractivity contribution in [1.82, 2.24) is 0 Å². The molecule has 0 fully saturated rings. The monoisotopic (exact) mass is 219 g/mol. The van der Waals surface area contributed by atoms with Crippen LogP contribution in [0.25, 0.3) is 0 Å². The molecule has 0 radical (unpaired) electrons. The van der Waals surface area contributed by atoms with Gasteiger partial charge < -0.3 is 5.73 Å². The maximum Gasteiger partial charge on any atom is 0.149 e. The highest BCUT2D eigenvalue weighted by molar-refractivity contribution is 5.44. The van der Waals surface area contributed by atoms with Gasteiger partial charge in [0, 0.05) is 6.42 Å². The summed E-state index contributed by atoms with van der Waals surface area (Å²) in [4.78, 5) is 0. The van der Waals surface area contributed by atoms with Crippen LogP contribution in [0.4, 0.5) is 14.5 Å². The molecule has 0 saturated heterocycles. The van der Waals surface area contributed by atoms with E-state index in [2.05, 4.69) is 0 Å². The lowest BCUT2D eigenvalue weighted by molar-refractivity contribution is 0.601. The lowest BCUT2D eigenvalue weighted by Crippen LogP contribution is -1.99. The zero-order valence-corrected chi connectivity index (χ0v) is 8.58. The standard InChI is InChI=1S/C13H11F2N/c14-11-6-2-1-4-9(11)8-10-5-3-7-12(16)13(10)15/h1-7H,8,16H2. The molecule has 82 valence electrons. The van der Waals surface area contributed by atoms with Gasteiger partial charge in [-0.2, -0.15) is 0 Å². The van der Waals surface area contributed by atoms with Crippen LogP contribution >= 0.6 is 0 Å². The van der Waals surface area contributed by atoms with E-state index in [9.17, 15) is 8.78 Å². The molecule has 2 rings (SSSR count). The number of rotatable bonds is 2. The first-order valence-electron chi connectivity index (χ1n) is 4.95. The van der Waals surface area contributed by atoms with E-state index in [1.165, 1.54) is 12.1 Å². The van der Waals surface area contributed by atoms with Crippen LogP contribution in [0.3, 0.4) is 0 Å². The third kappa shape index (κ3) is 2.03. The van der Waals surface area contributed by atoms with E-state index in [0.717, 1.165) is 0 Å². The maximum atomic E-state index is 13.6. The zero-order chi connectivity index (χ0) is 11.5. The molecule has 3 heteroatoms. The van der Waals surface area contributed by atoms with Crippen LogP contribution in [0.15, 0.2) is 42.5 Å². The number of halogens is 2. The average molecular weight is 219 g/mol. The Labute approximate surface area is 92.5 Å². The van der Waals surface area contributed by atoms with Gasteiger partial charge in [0.15, 0.2) is 0 Å². The minimum Gasteiger partial charge on any atom is -0.396 e. The molecule has 16 heavy (non-hydrogen) atoms. The summed E-state index contributed by atoms with van der Waals surface area (Å²) < 4.78 is 26.9. The minimum atomic E-state index is -0.467. The van der Waals surface area contributed by atoms with Gasteiger partial charge in [0.1, 0.15) is 11.6 Å². The molecule has 2 N–H and O–H groups in total. The molecule has 2 aromatic rings. The molecule has 0 aliphatic carbocycles. The van der Waals surface area contributed by atoms with Gasteiger partial charge in [-0.05, 0) is 23.3 Å². The van der Waals surface area contributed by atoms with E-state index in [-0.39, 0.29) is 17.9 Å². The second kappa shape index (κ2) is 4.31. The SMILES string of the molecule is Nc1cccc(Cc2ccccc2F)c1F. The molecule has 0 spiro atoms. The normalized spacial score (nSPS) is 10.4. The van der Waals surface area contributed by atoms with Crippen LogP contribution in [0.2, 0.25) is 0 Å². The number of hydrogen-bond acceptors (Lipinski definition) is 1. The third-order valence-electron chi connectivity index (χ3n) is 2.45. The van der Waals surface area contributed by atoms with Crippen molar-refractivity contribution in [2.24, 2.45) is 0 Å². The summed E-state index contributed by atoms with van der Waals surface area (Å²) in [6.07, 6.45) is 0.212. The van der Waals surface area contributed by atoms with Gasteiger partial charge in [0.25, 0.3) is 0 Å². The summed E-state index contributed by atoms with van der Waals surface area (Å²) in [5.74, 6) is -0.796. The first-order valence-corrected chi connectivity index (χ1v) is 4.95. The van der Waals surface area contributed by atoms with Gasteiger partial charge in [0.2, 0.25) is 0 Å². The fraction of sp³-hybridized carbons (Fsp3) is 0.0769. The van der Waals surface area contributed by atoms with Crippen molar-refractivity contribution in [2.45, 2.75) is 6.42 Å². The molecule has 1 nitrogen and oxygen atoms in total. The number of hydrogen-bond donors (Lipinski definition) is 1. The van der Waals surface area contributed by atoms with Crippen molar-refractivity contribution in [1.29, 1.82) is 0 Å². The predicted molar refractivity (Wildman–Crippen MR) is 60.0 cm³/mol. The van der Waals surface area contributed by atoms with Gasteiger partial charge >= 0.3 is 0 Å². The van der Waals surface area contributed by atoms with Crippen molar-refractivity contribution in [3.63, 3.8) is 0 Å². The lowest BCUT2D eigenvalue weighted by Gasteiger charge is -2.06. The van der Waals surface area contributed by atoms with Crippen LogP contribution in [-0.2, 0) is 6.42 Å². The zero-order valence-electron chi connectivity index (χ0n) is 8.58. The van der Waals surface area contributed by atoms with Gasteiger partial charge in [-0.15, -0.1) is 0 Å². The Morgan fingerprint density at radius 1 is 0.875 bits per heavy atom. The van der Waals surface area contributed by atoms with E-state index in [1.54, 1.807) is 30.3 Å². The van der Waals surface area contributed by atoms with E-state index < -0.39 is 5.82 Å². The predicted octanol–water partition coefficient (Wildman–Crippen LogP) is 3.14. The van der Waals surface area contributed by atoms with E-state index in [0.29, 0.717) is 11.1 Å². The summed E-state index contributed by atoms with van der Waals surface area (Å²) in [6, 6.07) is 11.1. The fourth-order valence-electron chi connectivity index (χ4n) is 1.58. The van der Waals surface area contributed by atoms with Crippen molar-refractivity contribution in [2.75, 3.05) is 5.73 Å². The summed E-state index contributed by atoms with van der Waals surface area (Å²) in [5, 5.41) is 0. The van der Waals surface area contributed by atoms with E-state index in [1.807, 2.05) is 0 Å². The summed E-state index contributed by atoms with van der Waals surface area (Å²) in [6.45, 7) is 0. The van der Waals surface area contributed by atoms with Crippen molar-refractivity contribution in [3.8, 4) is 0 Å². The smallest absolute Gasteiger partial charge is 0.149 e. The average Bonchev–Trinajstić information content (AvgIpc) is 2.28.